The number of carboxylic acid groups (broad SMARTS) is 1. The van der Waals surface area contributed by atoms with Crippen molar-refractivity contribution in [3.05, 3.63) is 29.3 Å². The number of benzene rings is 1. The summed E-state index contributed by atoms with van der Waals surface area (Å²) in [6, 6.07) is 1.35. The van der Waals surface area contributed by atoms with Crippen molar-refractivity contribution in [3.63, 3.8) is 0 Å². The first-order valence-corrected chi connectivity index (χ1v) is 6.53. The van der Waals surface area contributed by atoms with Crippen molar-refractivity contribution >= 4 is 17.7 Å². The fourth-order valence-electron chi connectivity index (χ4n) is 1.52. The largest absolute Gasteiger partial charge is 0.478 e. The van der Waals surface area contributed by atoms with Crippen LogP contribution in [0, 0.1) is 11.6 Å². The van der Waals surface area contributed by atoms with E-state index in [0.29, 0.717) is 6.07 Å². The SMILES string of the molecule is CC(C)(C)OC(=O)NCCNc1cc(C(=O)O)c(F)cc1F. The summed E-state index contributed by atoms with van der Waals surface area (Å²) in [4.78, 5) is 22.1. The molecule has 3 N–H and O–H groups in total. The lowest BCUT2D eigenvalue weighted by molar-refractivity contribution is 0.0529. The van der Waals surface area contributed by atoms with E-state index in [4.69, 9.17) is 9.84 Å². The van der Waals surface area contributed by atoms with Crippen molar-refractivity contribution in [2.24, 2.45) is 0 Å². The summed E-state index contributed by atoms with van der Waals surface area (Å²) in [5.41, 5.74) is -1.43. The van der Waals surface area contributed by atoms with Crippen LogP contribution in [0.2, 0.25) is 0 Å². The number of anilines is 1. The van der Waals surface area contributed by atoms with Crippen LogP contribution < -0.4 is 10.6 Å². The Morgan fingerprint density at radius 2 is 1.82 bits per heavy atom. The zero-order valence-corrected chi connectivity index (χ0v) is 12.5. The lowest BCUT2D eigenvalue weighted by Gasteiger charge is -2.19. The van der Waals surface area contributed by atoms with Crippen LogP contribution in [0.5, 0.6) is 0 Å². The van der Waals surface area contributed by atoms with Gasteiger partial charge in [0.15, 0.2) is 0 Å². The highest BCUT2D eigenvalue weighted by Gasteiger charge is 2.16. The van der Waals surface area contributed by atoms with Gasteiger partial charge >= 0.3 is 12.1 Å². The molecule has 0 atom stereocenters. The second-order valence-corrected chi connectivity index (χ2v) is 5.47. The first-order chi connectivity index (χ1) is 10.1. The molecule has 0 saturated carbocycles. The Morgan fingerprint density at radius 3 is 2.36 bits per heavy atom. The molecule has 1 amide bonds. The molecule has 0 heterocycles. The summed E-state index contributed by atoms with van der Waals surface area (Å²) < 4.78 is 31.7. The Balaban J connectivity index is 2.54. The molecule has 0 bridgehead atoms. The number of carbonyl (C=O) groups is 2. The Kier molecular flexibility index (Phi) is 5.67. The number of nitrogens with one attached hydrogen (secondary N) is 2. The average Bonchev–Trinajstić information content (AvgIpc) is 2.33. The number of hydrogen-bond donors (Lipinski definition) is 3. The monoisotopic (exact) mass is 316 g/mol. The summed E-state index contributed by atoms with van der Waals surface area (Å²) in [5.74, 6) is -3.56. The van der Waals surface area contributed by atoms with E-state index in [0.717, 1.165) is 6.07 Å². The van der Waals surface area contributed by atoms with Gasteiger partial charge in [0.05, 0.1) is 11.3 Å². The molecule has 0 aliphatic carbocycles. The lowest BCUT2D eigenvalue weighted by atomic mass is 10.2. The first-order valence-electron chi connectivity index (χ1n) is 6.53. The number of hydrogen-bond acceptors (Lipinski definition) is 4. The maximum Gasteiger partial charge on any atom is 0.407 e. The van der Waals surface area contributed by atoms with E-state index in [-0.39, 0.29) is 18.8 Å². The van der Waals surface area contributed by atoms with Crippen LogP contribution in [0.25, 0.3) is 0 Å². The number of halogens is 2. The van der Waals surface area contributed by atoms with Crippen molar-refractivity contribution in [2.45, 2.75) is 26.4 Å². The van der Waals surface area contributed by atoms with E-state index < -0.39 is 34.9 Å². The van der Waals surface area contributed by atoms with Gasteiger partial charge in [-0.2, -0.15) is 0 Å². The number of carbonyl (C=O) groups excluding carboxylic acids is 1. The minimum absolute atomic E-state index is 0.112. The third kappa shape index (κ3) is 5.55. The molecule has 6 nitrogen and oxygen atoms in total. The van der Waals surface area contributed by atoms with Crippen molar-refractivity contribution in [1.29, 1.82) is 0 Å². The Hall–Kier alpha value is -2.38. The molecule has 0 aromatic heterocycles. The predicted molar refractivity (Wildman–Crippen MR) is 76.0 cm³/mol. The lowest BCUT2D eigenvalue weighted by Crippen LogP contribution is -2.35. The number of alkyl carbamates (subject to hydrolysis) is 1. The topological polar surface area (TPSA) is 87.7 Å². The molecule has 0 aliphatic rings. The quantitative estimate of drug-likeness (QED) is 0.727. The van der Waals surface area contributed by atoms with Crippen molar-refractivity contribution in [2.75, 3.05) is 18.4 Å². The van der Waals surface area contributed by atoms with Crippen LogP contribution in [0.15, 0.2) is 12.1 Å². The highest BCUT2D eigenvalue weighted by Crippen LogP contribution is 2.19. The fourth-order valence-corrected chi connectivity index (χ4v) is 1.52. The van der Waals surface area contributed by atoms with Gasteiger partial charge in [0.2, 0.25) is 0 Å². The maximum absolute atomic E-state index is 13.5. The Labute approximate surface area is 126 Å². The smallest absolute Gasteiger partial charge is 0.407 e. The van der Waals surface area contributed by atoms with E-state index in [1.54, 1.807) is 20.8 Å². The zero-order chi connectivity index (χ0) is 16.9. The number of ether oxygens (including phenoxy) is 1. The summed E-state index contributed by atoms with van der Waals surface area (Å²) in [7, 11) is 0. The second kappa shape index (κ2) is 7.06. The molecule has 0 saturated heterocycles. The van der Waals surface area contributed by atoms with Gasteiger partial charge in [-0.3, -0.25) is 0 Å². The molecule has 0 unspecified atom stereocenters. The maximum atomic E-state index is 13.5. The summed E-state index contributed by atoms with van der Waals surface area (Å²) in [6.07, 6.45) is -0.625. The van der Waals surface area contributed by atoms with Crippen LogP contribution in [0.3, 0.4) is 0 Å². The number of amides is 1. The predicted octanol–water partition coefficient (Wildman–Crippen LogP) is 2.60. The number of carboxylic acids is 1. The third-order valence-corrected chi connectivity index (χ3v) is 2.40. The van der Waals surface area contributed by atoms with Gasteiger partial charge in [-0.1, -0.05) is 0 Å². The molecule has 22 heavy (non-hydrogen) atoms. The van der Waals surface area contributed by atoms with Gasteiger partial charge in [-0.05, 0) is 26.8 Å². The molecular weight excluding hydrogens is 298 g/mol. The van der Waals surface area contributed by atoms with Gasteiger partial charge in [0.1, 0.15) is 17.2 Å². The van der Waals surface area contributed by atoms with E-state index in [1.807, 2.05) is 0 Å². The van der Waals surface area contributed by atoms with Gasteiger partial charge in [0.25, 0.3) is 0 Å². The van der Waals surface area contributed by atoms with E-state index in [9.17, 15) is 18.4 Å². The summed E-state index contributed by atoms with van der Waals surface area (Å²) in [6.45, 7) is 5.37. The highest BCUT2D eigenvalue weighted by molar-refractivity contribution is 5.89. The van der Waals surface area contributed by atoms with E-state index in [1.165, 1.54) is 0 Å². The van der Waals surface area contributed by atoms with E-state index in [2.05, 4.69) is 10.6 Å². The zero-order valence-electron chi connectivity index (χ0n) is 12.5. The van der Waals surface area contributed by atoms with Gasteiger partial charge in [0, 0.05) is 19.2 Å². The number of aromatic carboxylic acids is 1. The van der Waals surface area contributed by atoms with E-state index >= 15 is 0 Å². The molecule has 0 radical (unpaired) electrons. The highest BCUT2D eigenvalue weighted by atomic mass is 19.1. The fraction of sp³-hybridized carbons (Fsp3) is 0.429. The summed E-state index contributed by atoms with van der Waals surface area (Å²) in [5, 5.41) is 13.8. The summed E-state index contributed by atoms with van der Waals surface area (Å²) >= 11 is 0. The minimum Gasteiger partial charge on any atom is -0.478 e. The molecule has 8 heteroatoms. The van der Waals surface area contributed by atoms with Crippen LogP contribution in [-0.2, 0) is 4.74 Å². The molecular formula is C14H18F2N2O4. The van der Waals surface area contributed by atoms with Gasteiger partial charge in [-0.25, -0.2) is 18.4 Å². The van der Waals surface area contributed by atoms with Crippen LogP contribution in [0.4, 0.5) is 19.3 Å². The molecule has 1 rings (SSSR count). The van der Waals surface area contributed by atoms with Gasteiger partial charge < -0.3 is 20.5 Å². The van der Waals surface area contributed by atoms with Crippen molar-refractivity contribution in [1.82, 2.24) is 5.32 Å². The molecule has 122 valence electrons. The molecule has 0 spiro atoms. The minimum atomic E-state index is -1.49. The Bertz CT molecular complexity index is 571. The van der Waals surface area contributed by atoms with Gasteiger partial charge in [-0.15, -0.1) is 0 Å². The second-order valence-electron chi connectivity index (χ2n) is 5.47. The van der Waals surface area contributed by atoms with Crippen molar-refractivity contribution in [3.8, 4) is 0 Å². The molecule has 1 aromatic rings. The average molecular weight is 316 g/mol. The standard InChI is InChI=1S/C14H18F2N2O4/c1-14(2,3)22-13(21)18-5-4-17-11-6-8(12(19)20)9(15)7-10(11)16/h6-7,17H,4-5H2,1-3H3,(H,18,21)(H,19,20). The van der Waals surface area contributed by atoms with Crippen LogP contribution in [0.1, 0.15) is 31.1 Å². The third-order valence-electron chi connectivity index (χ3n) is 2.40. The normalized spacial score (nSPS) is 11.0. The van der Waals surface area contributed by atoms with Crippen LogP contribution in [-0.4, -0.2) is 35.9 Å². The molecule has 0 fully saturated rings. The Morgan fingerprint density at radius 1 is 1.18 bits per heavy atom. The van der Waals surface area contributed by atoms with Crippen molar-refractivity contribution < 1.29 is 28.2 Å². The van der Waals surface area contributed by atoms with Crippen LogP contribution >= 0.6 is 0 Å². The molecule has 1 aromatic carbocycles. The number of rotatable bonds is 5. The first kappa shape index (κ1) is 17.7. The molecule has 0 aliphatic heterocycles.